The molecule has 0 aliphatic carbocycles. The van der Waals surface area contributed by atoms with E-state index < -0.39 is 0 Å². The van der Waals surface area contributed by atoms with Crippen molar-refractivity contribution in [3.05, 3.63) is 59.7 Å². The highest BCUT2D eigenvalue weighted by Crippen LogP contribution is 2.15. The summed E-state index contributed by atoms with van der Waals surface area (Å²) in [5.41, 5.74) is 3.02. The fraction of sp³-hybridized carbons (Fsp3) is 0.235. The van der Waals surface area contributed by atoms with E-state index in [1.54, 1.807) is 0 Å². The SMILES string of the molecule is Cc1ccc(NC(=O)NCCOc2ccccc2C)cc1. The van der Waals surface area contributed by atoms with Crippen molar-refractivity contribution in [2.24, 2.45) is 0 Å². The van der Waals surface area contributed by atoms with Gasteiger partial charge in [-0.3, -0.25) is 0 Å². The lowest BCUT2D eigenvalue weighted by Crippen LogP contribution is -2.32. The van der Waals surface area contributed by atoms with Crippen molar-refractivity contribution >= 4 is 11.7 Å². The number of benzene rings is 2. The molecule has 0 radical (unpaired) electrons. The molecule has 0 bridgehead atoms. The molecular weight excluding hydrogens is 264 g/mol. The van der Waals surface area contributed by atoms with Gasteiger partial charge in [0.05, 0.1) is 6.54 Å². The third-order valence-electron chi connectivity index (χ3n) is 3.05. The van der Waals surface area contributed by atoms with Crippen molar-refractivity contribution in [3.63, 3.8) is 0 Å². The Bertz CT molecular complexity index is 594. The topological polar surface area (TPSA) is 50.4 Å². The highest BCUT2D eigenvalue weighted by molar-refractivity contribution is 5.89. The monoisotopic (exact) mass is 284 g/mol. The second-order valence-corrected chi connectivity index (χ2v) is 4.86. The quantitative estimate of drug-likeness (QED) is 0.826. The lowest BCUT2D eigenvalue weighted by atomic mass is 10.2. The third-order valence-corrected chi connectivity index (χ3v) is 3.05. The third kappa shape index (κ3) is 4.84. The molecule has 0 aliphatic heterocycles. The Kier molecular flexibility index (Phi) is 5.21. The van der Waals surface area contributed by atoms with Crippen molar-refractivity contribution in [1.82, 2.24) is 5.32 Å². The number of carbonyl (C=O) groups excluding carboxylic acids is 1. The number of carbonyl (C=O) groups is 1. The minimum absolute atomic E-state index is 0.229. The average molecular weight is 284 g/mol. The Hall–Kier alpha value is -2.49. The Morgan fingerprint density at radius 3 is 2.48 bits per heavy atom. The zero-order chi connectivity index (χ0) is 15.1. The second kappa shape index (κ2) is 7.33. The number of anilines is 1. The van der Waals surface area contributed by atoms with Gasteiger partial charge in [-0.05, 0) is 37.6 Å². The molecule has 0 saturated heterocycles. The minimum atomic E-state index is -0.229. The van der Waals surface area contributed by atoms with Crippen LogP contribution in [0.25, 0.3) is 0 Å². The maximum Gasteiger partial charge on any atom is 0.319 e. The van der Waals surface area contributed by atoms with E-state index in [0.29, 0.717) is 13.2 Å². The molecule has 110 valence electrons. The van der Waals surface area contributed by atoms with E-state index in [0.717, 1.165) is 22.6 Å². The maximum absolute atomic E-state index is 11.7. The highest BCUT2D eigenvalue weighted by atomic mass is 16.5. The normalized spacial score (nSPS) is 10.0. The number of para-hydroxylation sites is 1. The molecule has 0 unspecified atom stereocenters. The van der Waals surface area contributed by atoms with Crippen LogP contribution in [0, 0.1) is 13.8 Å². The number of rotatable bonds is 5. The summed E-state index contributed by atoms with van der Waals surface area (Å²) in [7, 11) is 0. The Balaban J connectivity index is 1.70. The highest BCUT2D eigenvalue weighted by Gasteiger charge is 2.01. The molecule has 0 aliphatic rings. The summed E-state index contributed by atoms with van der Waals surface area (Å²) in [5.74, 6) is 0.846. The number of amides is 2. The molecule has 0 fully saturated rings. The standard InChI is InChI=1S/C17H20N2O2/c1-13-7-9-15(10-8-13)19-17(20)18-11-12-21-16-6-4-3-5-14(16)2/h3-10H,11-12H2,1-2H3,(H2,18,19,20). The van der Waals surface area contributed by atoms with E-state index in [-0.39, 0.29) is 6.03 Å². The molecule has 0 saturated carbocycles. The summed E-state index contributed by atoms with van der Waals surface area (Å²) in [6, 6.07) is 15.2. The van der Waals surface area contributed by atoms with Crippen LogP contribution in [0.1, 0.15) is 11.1 Å². The lowest BCUT2D eigenvalue weighted by Gasteiger charge is -2.10. The predicted octanol–water partition coefficient (Wildman–Crippen LogP) is 3.50. The summed E-state index contributed by atoms with van der Waals surface area (Å²) in [5, 5.41) is 5.53. The van der Waals surface area contributed by atoms with Crippen LogP contribution in [-0.4, -0.2) is 19.2 Å². The van der Waals surface area contributed by atoms with Crippen LogP contribution in [0.5, 0.6) is 5.75 Å². The van der Waals surface area contributed by atoms with Crippen LogP contribution in [-0.2, 0) is 0 Å². The zero-order valence-electron chi connectivity index (χ0n) is 12.3. The fourth-order valence-electron chi connectivity index (χ4n) is 1.86. The van der Waals surface area contributed by atoms with E-state index in [2.05, 4.69) is 10.6 Å². The molecule has 2 amide bonds. The smallest absolute Gasteiger partial charge is 0.319 e. The van der Waals surface area contributed by atoms with Crippen LogP contribution in [0.4, 0.5) is 10.5 Å². The van der Waals surface area contributed by atoms with Gasteiger partial charge in [-0.15, -0.1) is 0 Å². The van der Waals surface area contributed by atoms with Gasteiger partial charge in [-0.2, -0.15) is 0 Å². The molecule has 0 heterocycles. The molecule has 2 aromatic carbocycles. The lowest BCUT2D eigenvalue weighted by molar-refractivity contribution is 0.247. The van der Waals surface area contributed by atoms with Crippen molar-refractivity contribution in [1.29, 1.82) is 0 Å². The van der Waals surface area contributed by atoms with E-state index in [4.69, 9.17) is 4.74 Å². The number of ether oxygens (including phenoxy) is 1. The summed E-state index contributed by atoms with van der Waals surface area (Å²) in [4.78, 5) is 11.7. The van der Waals surface area contributed by atoms with Crippen LogP contribution >= 0.6 is 0 Å². The van der Waals surface area contributed by atoms with Gasteiger partial charge in [0.15, 0.2) is 0 Å². The van der Waals surface area contributed by atoms with E-state index in [1.807, 2.05) is 62.4 Å². The number of aryl methyl sites for hydroxylation is 2. The first-order valence-corrected chi connectivity index (χ1v) is 6.95. The molecule has 2 aromatic rings. The van der Waals surface area contributed by atoms with Crippen LogP contribution in [0.2, 0.25) is 0 Å². The molecule has 2 N–H and O–H groups in total. The van der Waals surface area contributed by atoms with E-state index in [9.17, 15) is 4.79 Å². The average Bonchev–Trinajstić information content (AvgIpc) is 2.48. The summed E-state index contributed by atoms with van der Waals surface area (Å²) in [6.07, 6.45) is 0. The van der Waals surface area contributed by atoms with Crippen molar-refractivity contribution < 1.29 is 9.53 Å². The Morgan fingerprint density at radius 1 is 1.05 bits per heavy atom. The van der Waals surface area contributed by atoms with E-state index >= 15 is 0 Å². The maximum atomic E-state index is 11.7. The van der Waals surface area contributed by atoms with Crippen LogP contribution in [0.3, 0.4) is 0 Å². The van der Waals surface area contributed by atoms with Gasteiger partial charge >= 0.3 is 6.03 Å². The van der Waals surface area contributed by atoms with Gasteiger partial charge in [-0.1, -0.05) is 35.9 Å². The molecule has 4 heteroatoms. The molecule has 0 atom stereocenters. The summed E-state index contributed by atoms with van der Waals surface area (Å²) in [6.45, 7) is 4.89. The van der Waals surface area contributed by atoms with Gasteiger partial charge in [0.1, 0.15) is 12.4 Å². The predicted molar refractivity (Wildman–Crippen MR) is 84.9 cm³/mol. The number of hydrogen-bond donors (Lipinski definition) is 2. The van der Waals surface area contributed by atoms with Gasteiger partial charge in [0, 0.05) is 5.69 Å². The first-order chi connectivity index (χ1) is 10.1. The van der Waals surface area contributed by atoms with Gasteiger partial charge in [0.2, 0.25) is 0 Å². The molecule has 0 spiro atoms. The number of nitrogens with one attached hydrogen (secondary N) is 2. The van der Waals surface area contributed by atoms with Gasteiger partial charge in [0.25, 0.3) is 0 Å². The van der Waals surface area contributed by atoms with Gasteiger partial charge in [-0.25, -0.2) is 4.79 Å². The van der Waals surface area contributed by atoms with Gasteiger partial charge < -0.3 is 15.4 Å². The number of urea groups is 1. The van der Waals surface area contributed by atoms with Crippen molar-refractivity contribution in [2.75, 3.05) is 18.5 Å². The zero-order valence-corrected chi connectivity index (χ0v) is 12.3. The molecular formula is C17H20N2O2. The van der Waals surface area contributed by atoms with Crippen LogP contribution in [0.15, 0.2) is 48.5 Å². The molecule has 4 nitrogen and oxygen atoms in total. The molecule has 21 heavy (non-hydrogen) atoms. The Morgan fingerprint density at radius 2 is 1.76 bits per heavy atom. The molecule has 0 aromatic heterocycles. The number of hydrogen-bond acceptors (Lipinski definition) is 2. The summed E-state index contributed by atoms with van der Waals surface area (Å²) >= 11 is 0. The van der Waals surface area contributed by atoms with Crippen molar-refractivity contribution in [3.8, 4) is 5.75 Å². The first kappa shape index (κ1) is 14.9. The largest absolute Gasteiger partial charge is 0.491 e. The Labute approximate surface area is 125 Å². The van der Waals surface area contributed by atoms with Crippen molar-refractivity contribution in [2.45, 2.75) is 13.8 Å². The fourth-order valence-corrected chi connectivity index (χ4v) is 1.86. The first-order valence-electron chi connectivity index (χ1n) is 6.95. The minimum Gasteiger partial charge on any atom is -0.491 e. The molecule has 2 rings (SSSR count). The summed E-state index contributed by atoms with van der Waals surface area (Å²) < 4.78 is 5.61. The van der Waals surface area contributed by atoms with Crippen LogP contribution < -0.4 is 15.4 Å². The van der Waals surface area contributed by atoms with E-state index in [1.165, 1.54) is 0 Å². The second-order valence-electron chi connectivity index (χ2n) is 4.86.